The van der Waals surface area contributed by atoms with Gasteiger partial charge in [-0.1, -0.05) is 47.1 Å². The van der Waals surface area contributed by atoms with Crippen LogP contribution in [0.1, 0.15) is 0 Å². The van der Waals surface area contributed by atoms with Crippen LogP contribution in [0.25, 0.3) is 0 Å². The molecule has 7 heteroatoms. The van der Waals surface area contributed by atoms with Crippen LogP contribution < -0.4 is 4.74 Å². The summed E-state index contributed by atoms with van der Waals surface area (Å²) in [6, 6.07) is 7.30. The number of rotatable bonds is 3. The van der Waals surface area contributed by atoms with Gasteiger partial charge < -0.3 is 4.74 Å². The predicted octanol–water partition coefficient (Wildman–Crippen LogP) is 3.92. The van der Waals surface area contributed by atoms with Gasteiger partial charge in [-0.05, 0) is 18.4 Å². The molecule has 0 bridgehead atoms. The minimum Gasteiger partial charge on any atom is -0.458 e. The molecule has 19 heavy (non-hydrogen) atoms. The van der Waals surface area contributed by atoms with Gasteiger partial charge in [-0.3, -0.25) is 4.57 Å². The number of nitrogens with zero attached hydrogens (tertiary/aromatic N) is 3. The minimum absolute atomic E-state index is 0.532. The second-order valence-electron chi connectivity index (χ2n) is 3.41. The van der Waals surface area contributed by atoms with Gasteiger partial charge in [0.25, 0.3) is 0 Å². The minimum atomic E-state index is -0.928. The molecule has 0 saturated heterocycles. The number of alkyl halides is 2. The molecule has 0 amide bonds. The lowest BCUT2D eigenvalue weighted by Gasteiger charge is -2.10. The van der Waals surface area contributed by atoms with Crippen molar-refractivity contribution in [2.75, 3.05) is 6.26 Å². The molecule has 0 unspecified atom stereocenters. The van der Waals surface area contributed by atoms with Crippen LogP contribution >= 0.6 is 35.0 Å². The van der Waals surface area contributed by atoms with Crippen LogP contribution in [-0.4, -0.2) is 26.0 Å². The van der Waals surface area contributed by atoms with Crippen LogP contribution in [0.2, 0.25) is 0 Å². The summed E-state index contributed by atoms with van der Waals surface area (Å²) in [6.45, 7) is 0. The number of imidazole rings is 1. The molecule has 0 fully saturated rings. The van der Waals surface area contributed by atoms with E-state index in [1.807, 2.05) is 35.2 Å². The van der Waals surface area contributed by atoms with E-state index in [4.69, 9.17) is 27.9 Å². The summed E-state index contributed by atoms with van der Waals surface area (Å²) >= 11 is 12.8. The van der Waals surface area contributed by atoms with Gasteiger partial charge in [0.05, 0.1) is 0 Å². The third kappa shape index (κ3) is 3.89. The Balaban J connectivity index is 2.35. The maximum absolute atomic E-state index is 5.63. The molecule has 100 valence electrons. The first-order chi connectivity index (χ1) is 9.20. The standard InChI is InChI=1S/C12H11Cl2N3OS/c1-19-12(17-7-6-15-8-17)16-9-4-2-3-5-10(9)18-11(13)14/h2-8,11H,1H3/b16-12-. The van der Waals surface area contributed by atoms with E-state index >= 15 is 0 Å². The van der Waals surface area contributed by atoms with Gasteiger partial charge in [0.2, 0.25) is 5.02 Å². The third-order valence-electron chi connectivity index (χ3n) is 2.21. The van der Waals surface area contributed by atoms with Crippen molar-refractivity contribution < 1.29 is 4.74 Å². The second-order valence-corrected chi connectivity index (χ2v) is 5.20. The number of thioether (sulfide) groups is 1. The summed E-state index contributed by atoms with van der Waals surface area (Å²) in [5.41, 5.74) is 0.659. The van der Waals surface area contributed by atoms with E-state index in [-0.39, 0.29) is 0 Å². The lowest BCUT2D eigenvalue weighted by atomic mass is 10.3. The normalized spacial score (nSPS) is 11.9. The topological polar surface area (TPSA) is 39.4 Å². The number of aromatic nitrogens is 2. The van der Waals surface area contributed by atoms with Crippen molar-refractivity contribution in [2.45, 2.75) is 5.02 Å². The summed E-state index contributed by atoms with van der Waals surface area (Å²) in [7, 11) is 0. The molecule has 1 aromatic carbocycles. The molecule has 1 aromatic heterocycles. The van der Waals surface area contributed by atoms with E-state index < -0.39 is 5.02 Å². The number of ether oxygens (including phenoxy) is 1. The molecule has 1 heterocycles. The SMILES string of the molecule is CS/C(=N\c1ccccc1OC(Cl)Cl)n1ccnc1. The van der Waals surface area contributed by atoms with Gasteiger partial charge in [0.15, 0.2) is 5.17 Å². The number of benzene rings is 1. The van der Waals surface area contributed by atoms with Crippen LogP contribution in [0, 0.1) is 0 Å². The Hall–Kier alpha value is -1.17. The zero-order chi connectivity index (χ0) is 13.7. The number of aliphatic imine (C=N–C) groups is 1. The van der Waals surface area contributed by atoms with Crippen molar-refractivity contribution in [1.82, 2.24) is 9.55 Å². The van der Waals surface area contributed by atoms with E-state index in [1.165, 1.54) is 11.8 Å². The summed E-state index contributed by atoms with van der Waals surface area (Å²) in [4.78, 5) is 8.53. The van der Waals surface area contributed by atoms with Crippen molar-refractivity contribution in [2.24, 2.45) is 4.99 Å². The van der Waals surface area contributed by atoms with Crippen molar-refractivity contribution in [3.63, 3.8) is 0 Å². The first-order valence-corrected chi connectivity index (χ1v) is 7.45. The van der Waals surface area contributed by atoms with Crippen LogP contribution in [-0.2, 0) is 0 Å². The highest BCUT2D eigenvalue weighted by Gasteiger charge is 2.08. The highest BCUT2D eigenvalue weighted by molar-refractivity contribution is 8.13. The molecule has 0 radical (unpaired) electrons. The van der Waals surface area contributed by atoms with Gasteiger partial charge in [-0.2, -0.15) is 0 Å². The van der Waals surface area contributed by atoms with Crippen molar-refractivity contribution in [3.8, 4) is 5.75 Å². The lowest BCUT2D eigenvalue weighted by molar-refractivity contribution is 0.355. The fourth-order valence-electron chi connectivity index (χ4n) is 1.43. The molecule has 0 aliphatic heterocycles. The first-order valence-electron chi connectivity index (χ1n) is 5.35. The Morgan fingerprint density at radius 3 is 2.84 bits per heavy atom. The van der Waals surface area contributed by atoms with Gasteiger partial charge >= 0.3 is 0 Å². The van der Waals surface area contributed by atoms with Gasteiger partial charge in [-0.25, -0.2) is 9.98 Å². The first kappa shape index (κ1) is 14.2. The monoisotopic (exact) mass is 315 g/mol. The Bertz CT molecular complexity index is 558. The molecular weight excluding hydrogens is 305 g/mol. The van der Waals surface area contributed by atoms with Crippen LogP contribution in [0.3, 0.4) is 0 Å². The Morgan fingerprint density at radius 2 is 2.21 bits per heavy atom. The maximum atomic E-state index is 5.63. The fourth-order valence-corrected chi connectivity index (χ4v) is 2.13. The zero-order valence-corrected chi connectivity index (χ0v) is 12.4. The van der Waals surface area contributed by atoms with Gasteiger partial charge in [0, 0.05) is 12.4 Å². The Kier molecular flexibility index (Phi) is 5.13. The molecule has 0 spiro atoms. The Labute approximate surface area is 125 Å². The number of hydrogen-bond acceptors (Lipinski definition) is 4. The Morgan fingerprint density at radius 1 is 1.42 bits per heavy atom. The third-order valence-corrected chi connectivity index (χ3v) is 3.05. The summed E-state index contributed by atoms with van der Waals surface area (Å²) < 4.78 is 7.12. The maximum Gasteiger partial charge on any atom is 0.247 e. The average Bonchev–Trinajstić information content (AvgIpc) is 2.91. The molecule has 2 aromatic rings. The molecule has 4 nitrogen and oxygen atoms in total. The average molecular weight is 316 g/mol. The number of para-hydroxylation sites is 2. The van der Waals surface area contributed by atoms with Gasteiger partial charge in [-0.15, -0.1) is 0 Å². The molecule has 0 aliphatic rings. The van der Waals surface area contributed by atoms with Crippen LogP contribution in [0.5, 0.6) is 5.75 Å². The molecule has 2 rings (SSSR count). The molecular formula is C12H11Cl2N3OS. The summed E-state index contributed by atoms with van der Waals surface area (Å²) in [5.74, 6) is 0.532. The van der Waals surface area contributed by atoms with E-state index in [0.29, 0.717) is 11.4 Å². The largest absolute Gasteiger partial charge is 0.458 e. The molecule has 0 saturated carbocycles. The van der Waals surface area contributed by atoms with E-state index in [0.717, 1.165) is 5.17 Å². The zero-order valence-electron chi connectivity index (χ0n) is 10.0. The van der Waals surface area contributed by atoms with Crippen molar-refractivity contribution >= 4 is 45.8 Å². The highest BCUT2D eigenvalue weighted by Crippen LogP contribution is 2.30. The predicted molar refractivity (Wildman–Crippen MR) is 80.8 cm³/mol. The molecule has 0 aliphatic carbocycles. The summed E-state index contributed by atoms with van der Waals surface area (Å²) in [5, 5.41) is -0.156. The van der Waals surface area contributed by atoms with E-state index in [9.17, 15) is 0 Å². The molecule has 0 N–H and O–H groups in total. The summed E-state index contributed by atoms with van der Waals surface area (Å²) in [6.07, 6.45) is 7.14. The lowest BCUT2D eigenvalue weighted by Crippen LogP contribution is -2.04. The van der Waals surface area contributed by atoms with Crippen LogP contribution in [0.4, 0.5) is 5.69 Å². The quantitative estimate of drug-likeness (QED) is 0.489. The van der Waals surface area contributed by atoms with Crippen LogP contribution in [0.15, 0.2) is 48.0 Å². The highest BCUT2D eigenvalue weighted by atomic mass is 35.5. The van der Waals surface area contributed by atoms with Gasteiger partial charge in [0.1, 0.15) is 17.8 Å². The number of halogens is 2. The smallest absolute Gasteiger partial charge is 0.247 e. The molecule has 0 atom stereocenters. The van der Waals surface area contributed by atoms with Crippen molar-refractivity contribution in [1.29, 1.82) is 0 Å². The van der Waals surface area contributed by atoms with E-state index in [1.54, 1.807) is 18.6 Å². The van der Waals surface area contributed by atoms with Crippen molar-refractivity contribution in [3.05, 3.63) is 43.0 Å². The van der Waals surface area contributed by atoms with E-state index in [2.05, 4.69) is 9.98 Å². The fraction of sp³-hybridized carbons (Fsp3) is 0.167. The number of hydrogen-bond donors (Lipinski definition) is 0. The second kappa shape index (κ2) is 6.84.